The van der Waals surface area contributed by atoms with Crippen LogP contribution in [-0.4, -0.2) is 21.3 Å². The van der Waals surface area contributed by atoms with Gasteiger partial charge in [-0.05, 0) is 24.3 Å². The molecule has 3 rings (SSSR count). The molecular weight excluding hydrogens is 362 g/mol. The third-order valence-electron chi connectivity index (χ3n) is 4.66. The van der Waals surface area contributed by atoms with Gasteiger partial charge in [-0.3, -0.25) is 15.0 Å². The molecule has 0 atom stereocenters. The van der Waals surface area contributed by atoms with Crippen LogP contribution in [0.25, 0.3) is 5.00 Å². The lowest BCUT2D eigenvalue weighted by Crippen LogP contribution is -2.28. The topological polar surface area (TPSA) is 123 Å². The van der Waals surface area contributed by atoms with Crippen LogP contribution in [0.2, 0.25) is 0 Å². The molecule has 2 aromatic heterocycles. The van der Waals surface area contributed by atoms with Crippen molar-refractivity contribution in [2.24, 2.45) is 5.41 Å². The van der Waals surface area contributed by atoms with E-state index in [2.05, 4.69) is 11.2 Å². The van der Waals surface area contributed by atoms with Gasteiger partial charge in [-0.15, -0.1) is 11.3 Å². The van der Waals surface area contributed by atoms with Gasteiger partial charge in [-0.1, -0.05) is 13.8 Å². The van der Waals surface area contributed by atoms with Crippen molar-refractivity contribution >= 4 is 22.9 Å². The van der Waals surface area contributed by atoms with E-state index < -0.39 is 0 Å². The number of Topliss-reactive ketones (excluding diaryl/α,β-unsaturated/α-hetero) is 2. The molecule has 0 aliphatic heterocycles. The van der Waals surface area contributed by atoms with Crippen LogP contribution in [0.15, 0.2) is 0 Å². The number of aromatic nitrogens is 2. The fourth-order valence-corrected chi connectivity index (χ4v) is 4.58. The zero-order valence-electron chi connectivity index (χ0n) is 15.4. The predicted molar refractivity (Wildman–Crippen MR) is 97.9 cm³/mol. The van der Waals surface area contributed by atoms with Crippen LogP contribution in [0.1, 0.15) is 69.6 Å². The summed E-state index contributed by atoms with van der Waals surface area (Å²) in [6.45, 7) is 6.85. The summed E-state index contributed by atoms with van der Waals surface area (Å²) in [5, 5.41) is 32.1. The zero-order valence-corrected chi connectivity index (χ0v) is 16.2. The highest BCUT2D eigenvalue weighted by molar-refractivity contribution is 7.17. The van der Waals surface area contributed by atoms with E-state index in [0.717, 1.165) is 16.0 Å². The van der Waals surface area contributed by atoms with Crippen LogP contribution in [0.3, 0.4) is 0 Å². The molecular formula is C19H17N5O2S. The fourth-order valence-electron chi connectivity index (χ4n) is 3.41. The molecule has 0 saturated heterocycles. The van der Waals surface area contributed by atoms with Crippen molar-refractivity contribution in [1.29, 1.82) is 15.9 Å². The second-order valence-electron chi connectivity index (χ2n) is 7.42. The monoisotopic (exact) mass is 379 g/mol. The summed E-state index contributed by atoms with van der Waals surface area (Å²) >= 11 is 1.10. The highest BCUT2D eigenvalue weighted by Gasteiger charge is 2.36. The number of carbonyl (C=O) groups excluding carboxylic acids is 2. The van der Waals surface area contributed by atoms with Gasteiger partial charge in [0.15, 0.2) is 17.1 Å². The first-order valence-electron chi connectivity index (χ1n) is 8.30. The van der Waals surface area contributed by atoms with Gasteiger partial charge < -0.3 is 0 Å². The number of hydrogen-bond acceptors (Lipinski definition) is 7. The third-order valence-corrected chi connectivity index (χ3v) is 5.91. The number of fused-ring (bicyclic) bond motifs is 1. The fraction of sp³-hybridized carbons (Fsp3) is 0.368. The average molecular weight is 379 g/mol. The van der Waals surface area contributed by atoms with Gasteiger partial charge in [0.1, 0.15) is 28.4 Å². The summed E-state index contributed by atoms with van der Waals surface area (Å²) in [5.41, 5.74) is 0.915. The Hall–Kier alpha value is -3.10. The largest absolute Gasteiger partial charge is 0.293 e. The summed E-state index contributed by atoms with van der Waals surface area (Å²) in [6.07, 6.45) is 0.949. The number of carbonyl (C=O) groups is 2. The second kappa shape index (κ2) is 6.26. The summed E-state index contributed by atoms with van der Waals surface area (Å²) in [4.78, 5) is 25.0. The average Bonchev–Trinajstić information content (AvgIpc) is 2.92. The van der Waals surface area contributed by atoms with E-state index in [1.54, 1.807) is 6.92 Å². The maximum Gasteiger partial charge on any atom is 0.180 e. The van der Waals surface area contributed by atoms with Crippen LogP contribution in [-0.2, 0) is 6.42 Å². The van der Waals surface area contributed by atoms with E-state index in [1.807, 2.05) is 19.9 Å². The normalized spacial score (nSPS) is 15.0. The number of thiophene rings is 1. The highest BCUT2D eigenvalue weighted by atomic mass is 32.1. The summed E-state index contributed by atoms with van der Waals surface area (Å²) < 4.78 is 1.14. The predicted octanol–water partition coefficient (Wildman–Crippen LogP) is 2.82. The third kappa shape index (κ3) is 2.88. The molecule has 0 radical (unpaired) electrons. The highest BCUT2D eigenvalue weighted by Crippen LogP contribution is 2.42. The first kappa shape index (κ1) is 18.7. The van der Waals surface area contributed by atoms with Gasteiger partial charge in [0.2, 0.25) is 0 Å². The Morgan fingerprint density at radius 1 is 1.26 bits per heavy atom. The van der Waals surface area contributed by atoms with E-state index in [0.29, 0.717) is 33.8 Å². The number of rotatable bonds is 2. The Morgan fingerprint density at radius 3 is 2.44 bits per heavy atom. The molecule has 136 valence electrons. The molecule has 1 aliphatic carbocycles. The second-order valence-corrected chi connectivity index (χ2v) is 8.42. The molecule has 0 spiro atoms. The van der Waals surface area contributed by atoms with E-state index >= 15 is 0 Å². The lowest BCUT2D eigenvalue weighted by atomic mass is 9.75. The van der Waals surface area contributed by atoms with Crippen LogP contribution >= 0.6 is 11.3 Å². The molecule has 0 amide bonds. The van der Waals surface area contributed by atoms with Crippen LogP contribution in [0.4, 0.5) is 0 Å². The van der Waals surface area contributed by atoms with E-state index in [1.165, 1.54) is 6.92 Å². The molecule has 2 aromatic rings. The maximum absolute atomic E-state index is 12.6. The van der Waals surface area contributed by atoms with Crippen molar-refractivity contribution in [1.82, 2.24) is 9.78 Å². The molecule has 0 aromatic carbocycles. The Balaban J connectivity index is 2.38. The van der Waals surface area contributed by atoms with Crippen molar-refractivity contribution in [3.63, 3.8) is 0 Å². The number of nitrogens with zero attached hydrogens (tertiary/aromatic N) is 4. The molecule has 0 fully saturated rings. The lowest BCUT2D eigenvalue weighted by Gasteiger charge is -2.28. The molecule has 0 saturated carbocycles. The quantitative estimate of drug-likeness (QED) is 0.804. The number of nitrogens with one attached hydrogen (secondary N) is 1. The van der Waals surface area contributed by atoms with Gasteiger partial charge in [0.25, 0.3) is 0 Å². The summed E-state index contributed by atoms with van der Waals surface area (Å²) in [6, 6.07) is 4.08. The standard InChI is InChI=1S/C19H17N5O2S/c1-9-12(7-20)17(22)24(23-15(9)10(2)25)18-13(8-21)11-5-19(3,4)6-14(26)16(11)27-18/h22H,5-6H2,1-4H3. The van der Waals surface area contributed by atoms with Crippen LogP contribution in [0, 0.1) is 40.4 Å². The molecule has 8 heteroatoms. The Kier molecular flexibility index (Phi) is 4.33. The van der Waals surface area contributed by atoms with Crippen LogP contribution < -0.4 is 5.49 Å². The van der Waals surface area contributed by atoms with Crippen molar-refractivity contribution < 1.29 is 9.59 Å². The summed E-state index contributed by atoms with van der Waals surface area (Å²) in [5.74, 6) is -0.379. The number of hydrogen-bond donors (Lipinski definition) is 1. The first-order valence-corrected chi connectivity index (χ1v) is 9.12. The van der Waals surface area contributed by atoms with Crippen molar-refractivity contribution in [2.75, 3.05) is 0 Å². The number of ketones is 2. The van der Waals surface area contributed by atoms with Crippen molar-refractivity contribution in [2.45, 2.75) is 40.5 Å². The Morgan fingerprint density at radius 2 is 1.89 bits per heavy atom. The summed E-state index contributed by atoms with van der Waals surface area (Å²) in [7, 11) is 0. The first-order chi connectivity index (χ1) is 12.6. The minimum absolute atomic E-state index is 0.0251. The molecule has 27 heavy (non-hydrogen) atoms. The minimum atomic E-state index is -0.338. The number of nitriles is 2. The Bertz CT molecular complexity index is 1150. The lowest BCUT2D eigenvalue weighted by molar-refractivity contribution is 0.0916. The molecule has 1 aliphatic rings. The zero-order chi connectivity index (χ0) is 20.1. The molecule has 0 unspecified atom stereocenters. The van der Waals surface area contributed by atoms with Gasteiger partial charge in [0, 0.05) is 18.9 Å². The van der Waals surface area contributed by atoms with Crippen molar-refractivity contribution in [3.8, 4) is 17.1 Å². The van der Waals surface area contributed by atoms with Gasteiger partial charge >= 0.3 is 0 Å². The molecule has 7 nitrogen and oxygen atoms in total. The Labute approximate surface area is 160 Å². The van der Waals surface area contributed by atoms with Crippen LogP contribution in [0.5, 0.6) is 0 Å². The van der Waals surface area contributed by atoms with Gasteiger partial charge in [-0.25, -0.2) is 4.68 Å². The SMILES string of the molecule is CC(=O)c1nn(-c2sc3c(c2C#N)CC(C)(C)CC3=O)c(=N)c(C#N)c1C. The van der Waals surface area contributed by atoms with Gasteiger partial charge in [-0.2, -0.15) is 15.6 Å². The van der Waals surface area contributed by atoms with E-state index in [9.17, 15) is 20.1 Å². The van der Waals surface area contributed by atoms with Gasteiger partial charge in [0.05, 0.1) is 10.4 Å². The minimum Gasteiger partial charge on any atom is -0.293 e. The smallest absolute Gasteiger partial charge is 0.180 e. The van der Waals surface area contributed by atoms with E-state index in [4.69, 9.17) is 5.41 Å². The molecule has 2 heterocycles. The molecule has 0 bridgehead atoms. The van der Waals surface area contributed by atoms with E-state index in [-0.39, 0.29) is 39.3 Å². The molecule has 1 N–H and O–H groups in total. The van der Waals surface area contributed by atoms with Crippen molar-refractivity contribution in [3.05, 3.63) is 38.3 Å². The maximum atomic E-state index is 12.6.